The SMILES string of the molecule is Cn1ccnc1COc1ccc(C(=O)NNC(=O)CC23CC4CC(CC(C4)C2)C3)cc1. The van der Waals surface area contributed by atoms with Gasteiger partial charge in [-0.1, -0.05) is 0 Å². The van der Waals surface area contributed by atoms with Crippen molar-refractivity contribution in [3.05, 3.63) is 48.0 Å². The van der Waals surface area contributed by atoms with Crippen LogP contribution in [0.25, 0.3) is 0 Å². The Morgan fingerprint density at radius 2 is 1.71 bits per heavy atom. The second kappa shape index (κ2) is 8.02. The Kier molecular flexibility index (Phi) is 5.20. The number of carbonyl (C=O) groups excluding carboxylic acids is 2. The molecular formula is C24H30N4O3. The fraction of sp³-hybridized carbons (Fsp3) is 0.542. The fourth-order valence-electron chi connectivity index (χ4n) is 6.48. The summed E-state index contributed by atoms with van der Waals surface area (Å²) >= 11 is 0. The average Bonchev–Trinajstić information content (AvgIpc) is 3.14. The predicted molar refractivity (Wildman–Crippen MR) is 115 cm³/mol. The van der Waals surface area contributed by atoms with E-state index >= 15 is 0 Å². The lowest BCUT2D eigenvalue weighted by atomic mass is 9.49. The minimum Gasteiger partial charge on any atom is -0.486 e. The van der Waals surface area contributed by atoms with Crippen LogP contribution < -0.4 is 15.6 Å². The number of nitrogens with one attached hydrogen (secondary N) is 2. The summed E-state index contributed by atoms with van der Waals surface area (Å²) < 4.78 is 7.61. The van der Waals surface area contributed by atoms with Gasteiger partial charge in [-0.3, -0.25) is 20.4 Å². The minimum atomic E-state index is -0.325. The Morgan fingerprint density at radius 3 is 2.29 bits per heavy atom. The molecule has 4 bridgehead atoms. The van der Waals surface area contributed by atoms with Crippen LogP contribution in [0.3, 0.4) is 0 Å². The number of ether oxygens (including phenoxy) is 1. The van der Waals surface area contributed by atoms with Gasteiger partial charge in [0.05, 0.1) is 0 Å². The molecule has 4 saturated carbocycles. The first kappa shape index (κ1) is 20.1. The van der Waals surface area contributed by atoms with Gasteiger partial charge in [0.2, 0.25) is 5.91 Å². The summed E-state index contributed by atoms with van der Waals surface area (Å²) in [5, 5.41) is 0. The molecular weight excluding hydrogens is 392 g/mol. The number of rotatable bonds is 6. The Labute approximate surface area is 182 Å². The van der Waals surface area contributed by atoms with Gasteiger partial charge in [-0.2, -0.15) is 0 Å². The first-order valence-electron chi connectivity index (χ1n) is 11.3. The van der Waals surface area contributed by atoms with E-state index in [1.807, 2.05) is 17.8 Å². The van der Waals surface area contributed by atoms with Crippen LogP contribution in [0.15, 0.2) is 36.7 Å². The molecule has 164 valence electrons. The van der Waals surface area contributed by atoms with E-state index < -0.39 is 0 Å². The monoisotopic (exact) mass is 422 g/mol. The third-order valence-electron chi connectivity index (χ3n) is 7.42. The molecule has 0 radical (unpaired) electrons. The Balaban J connectivity index is 1.10. The van der Waals surface area contributed by atoms with Gasteiger partial charge in [0.1, 0.15) is 18.2 Å². The van der Waals surface area contributed by atoms with Crippen LogP contribution in [0.5, 0.6) is 5.75 Å². The highest BCUT2D eigenvalue weighted by atomic mass is 16.5. The van der Waals surface area contributed by atoms with Gasteiger partial charge in [-0.05, 0) is 86.0 Å². The topological polar surface area (TPSA) is 85.2 Å². The zero-order valence-electron chi connectivity index (χ0n) is 18.0. The quantitative estimate of drug-likeness (QED) is 0.699. The number of imidazole rings is 1. The summed E-state index contributed by atoms with van der Waals surface area (Å²) in [5.74, 6) is 3.51. The fourth-order valence-corrected chi connectivity index (χ4v) is 6.48. The molecule has 2 N–H and O–H groups in total. The molecule has 4 fully saturated rings. The number of amides is 2. The van der Waals surface area contributed by atoms with Crippen molar-refractivity contribution >= 4 is 11.8 Å². The summed E-state index contributed by atoms with van der Waals surface area (Å²) in [5.41, 5.74) is 5.84. The van der Waals surface area contributed by atoms with E-state index in [-0.39, 0.29) is 17.2 Å². The van der Waals surface area contributed by atoms with Crippen molar-refractivity contribution in [2.24, 2.45) is 30.2 Å². The first-order chi connectivity index (χ1) is 15.0. The van der Waals surface area contributed by atoms with Crippen LogP contribution in [-0.2, 0) is 18.4 Å². The molecule has 4 aliphatic rings. The normalized spacial score (nSPS) is 28.4. The molecule has 4 aliphatic carbocycles. The number of aromatic nitrogens is 2. The van der Waals surface area contributed by atoms with Crippen molar-refractivity contribution in [3.63, 3.8) is 0 Å². The van der Waals surface area contributed by atoms with E-state index in [2.05, 4.69) is 15.8 Å². The molecule has 2 aromatic rings. The lowest BCUT2D eigenvalue weighted by molar-refractivity contribution is -0.130. The summed E-state index contributed by atoms with van der Waals surface area (Å²) in [6, 6.07) is 6.87. The van der Waals surface area contributed by atoms with Crippen molar-refractivity contribution in [2.45, 2.75) is 51.6 Å². The standard InChI is InChI=1S/C24H30N4O3/c1-28-7-6-25-21(28)15-31-20-4-2-19(3-5-20)23(30)27-26-22(29)14-24-11-16-8-17(12-24)10-18(9-16)13-24/h2-7,16-18H,8-15H2,1H3,(H,26,29)(H,27,30). The number of hydrazine groups is 1. The van der Waals surface area contributed by atoms with Gasteiger partial charge in [0.25, 0.3) is 5.91 Å². The molecule has 6 rings (SSSR count). The van der Waals surface area contributed by atoms with Gasteiger partial charge in [-0.25, -0.2) is 4.98 Å². The number of carbonyl (C=O) groups is 2. The molecule has 0 atom stereocenters. The molecule has 31 heavy (non-hydrogen) atoms. The largest absolute Gasteiger partial charge is 0.486 e. The number of hydrogen-bond acceptors (Lipinski definition) is 4. The third-order valence-corrected chi connectivity index (χ3v) is 7.42. The van der Waals surface area contributed by atoms with Gasteiger partial charge in [-0.15, -0.1) is 0 Å². The van der Waals surface area contributed by atoms with Crippen molar-refractivity contribution < 1.29 is 14.3 Å². The van der Waals surface area contributed by atoms with Crippen molar-refractivity contribution in [2.75, 3.05) is 0 Å². The number of aryl methyl sites for hydroxylation is 1. The van der Waals surface area contributed by atoms with Crippen LogP contribution in [0.2, 0.25) is 0 Å². The van der Waals surface area contributed by atoms with Crippen LogP contribution >= 0.6 is 0 Å². The predicted octanol–water partition coefficient (Wildman–Crippen LogP) is 3.37. The maximum absolute atomic E-state index is 12.6. The number of benzene rings is 1. The molecule has 7 nitrogen and oxygen atoms in total. The Hall–Kier alpha value is -2.83. The third kappa shape index (κ3) is 4.31. The number of hydrogen-bond donors (Lipinski definition) is 2. The summed E-state index contributed by atoms with van der Waals surface area (Å²) in [6.45, 7) is 0.357. The molecule has 0 unspecified atom stereocenters. The summed E-state index contributed by atoms with van der Waals surface area (Å²) in [4.78, 5) is 29.2. The van der Waals surface area contributed by atoms with E-state index in [1.165, 1.54) is 38.5 Å². The van der Waals surface area contributed by atoms with E-state index in [1.54, 1.807) is 30.5 Å². The second-order valence-electron chi connectivity index (χ2n) is 9.86. The van der Waals surface area contributed by atoms with Crippen molar-refractivity contribution in [1.82, 2.24) is 20.4 Å². The van der Waals surface area contributed by atoms with Crippen molar-refractivity contribution in [3.8, 4) is 5.75 Å². The number of nitrogens with zero attached hydrogens (tertiary/aromatic N) is 2. The second-order valence-corrected chi connectivity index (χ2v) is 9.86. The Morgan fingerprint density at radius 1 is 1.06 bits per heavy atom. The highest BCUT2D eigenvalue weighted by Crippen LogP contribution is 2.61. The highest BCUT2D eigenvalue weighted by Gasteiger charge is 2.51. The van der Waals surface area contributed by atoms with E-state index in [0.29, 0.717) is 24.3 Å². The van der Waals surface area contributed by atoms with E-state index in [9.17, 15) is 9.59 Å². The smallest absolute Gasteiger partial charge is 0.269 e. The van der Waals surface area contributed by atoms with Gasteiger partial charge in [0, 0.05) is 31.4 Å². The average molecular weight is 423 g/mol. The lowest BCUT2D eigenvalue weighted by Crippen LogP contribution is -2.50. The van der Waals surface area contributed by atoms with Crippen LogP contribution in [0.1, 0.15) is 61.1 Å². The molecule has 0 saturated heterocycles. The van der Waals surface area contributed by atoms with Gasteiger partial charge >= 0.3 is 0 Å². The van der Waals surface area contributed by atoms with Crippen molar-refractivity contribution in [1.29, 1.82) is 0 Å². The van der Waals surface area contributed by atoms with Crippen LogP contribution in [0.4, 0.5) is 0 Å². The minimum absolute atomic E-state index is 0.0784. The van der Waals surface area contributed by atoms with Gasteiger partial charge in [0.15, 0.2) is 0 Å². The molecule has 1 heterocycles. The molecule has 1 aromatic carbocycles. The first-order valence-corrected chi connectivity index (χ1v) is 11.3. The Bertz CT molecular complexity index is 930. The molecule has 0 spiro atoms. The lowest BCUT2D eigenvalue weighted by Gasteiger charge is -2.56. The van der Waals surface area contributed by atoms with E-state index in [0.717, 1.165) is 23.6 Å². The molecule has 2 amide bonds. The highest BCUT2D eigenvalue weighted by molar-refractivity contribution is 5.95. The molecule has 1 aromatic heterocycles. The summed E-state index contributed by atoms with van der Waals surface area (Å²) in [7, 11) is 1.91. The van der Waals surface area contributed by atoms with Gasteiger partial charge < -0.3 is 9.30 Å². The van der Waals surface area contributed by atoms with E-state index in [4.69, 9.17) is 4.74 Å². The zero-order chi connectivity index (χ0) is 21.4. The maximum atomic E-state index is 12.6. The van der Waals surface area contributed by atoms with Crippen LogP contribution in [-0.4, -0.2) is 21.4 Å². The molecule has 0 aliphatic heterocycles. The van der Waals surface area contributed by atoms with Crippen LogP contribution in [0, 0.1) is 23.2 Å². The zero-order valence-corrected chi connectivity index (χ0v) is 18.0. The molecule has 7 heteroatoms. The summed E-state index contributed by atoms with van der Waals surface area (Å²) in [6.07, 6.45) is 11.7. The maximum Gasteiger partial charge on any atom is 0.269 e.